The molecule has 21 heavy (non-hydrogen) atoms. The summed E-state index contributed by atoms with van der Waals surface area (Å²) in [5.41, 5.74) is 1.35. The Kier molecular flexibility index (Phi) is 4.22. The van der Waals surface area contributed by atoms with Crippen LogP contribution in [0.5, 0.6) is 0 Å². The normalized spacial score (nSPS) is 14.1. The highest BCUT2D eigenvalue weighted by Gasteiger charge is 2.21. The zero-order valence-electron chi connectivity index (χ0n) is 11.5. The molecule has 2 aromatic rings. The Morgan fingerprint density at radius 1 is 1.10 bits per heavy atom. The molecule has 0 heterocycles. The third kappa shape index (κ3) is 3.62. The van der Waals surface area contributed by atoms with Crippen LogP contribution in [-0.4, -0.2) is 11.0 Å². The number of hydrogen-bond acceptors (Lipinski definition) is 4. The van der Waals surface area contributed by atoms with Crippen molar-refractivity contribution in [2.75, 3.05) is 0 Å². The Morgan fingerprint density at radius 3 is 2.48 bits per heavy atom. The summed E-state index contributed by atoms with van der Waals surface area (Å²) in [4.78, 5) is 12.5. The van der Waals surface area contributed by atoms with Crippen molar-refractivity contribution >= 4 is 17.4 Å². The first-order valence-electron chi connectivity index (χ1n) is 6.96. The highest BCUT2D eigenvalue weighted by Crippen LogP contribution is 2.36. The van der Waals surface area contributed by atoms with Gasteiger partial charge in [-0.05, 0) is 30.5 Å². The summed E-state index contributed by atoms with van der Waals surface area (Å²) in [6.45, 7) is 0.814. The summed E-state index contributed by atoms with van der Waals surface area (Å²) < 4.78 is 0. The number of nitro groups is 1. The fourth-order valence-corrected chi connectivity index (χ4v) is 3.15. The first-order valence-corrected chi connectivity index (χ1v) is 7.78. The Morgan fingerprint density at radius 2 is 1.76 bits per heavy atom. The molecule has 0 bridgehead atoms. The monoisotopic (exact) mass is 300 g/mol. The molecular weight excluding hydrogens is 284 g/mol. The predicted octanol–water partition coefficient (Wildman–Crippen LogP) is 4.00. The largest absolute Gasteiger partial charge is 0.310 e. The molecule has 1 aliphatic rings. The van der Waals surface area contributed by atoms with Crippen molar-refractivity contribution in [2.45, 2.75) is 35.2 Å². The van der Waals surface area contributed by atoms with E-state index in [0.29, 0.717) is 10.9 Å². The second-order valence-electron chi connectivity index (χ2n) is 5.09. The van der Waals surface area contributed by atoms with E-state index in [1.165, 1.54) is 30.2 Å². The van der Waals surface area contributed by atoms with E-state index in [1.807, 2.05) is 24.3 Å². The van der Waals surface area contributed by atoms with Gasteiger partial charge in [-0.1, -0.05) is 42.1 Å². The first-order chi connectivity index (χ1) is 10.2. The van der Waals surface area contributed by atoms with Gasteiger partial charge in [0.1, 0.15) is 0 Å². The van der Waals surface area contributed by atoms with E-state index in [-0.39, 0.29) is 10.6 Å². The number of nitrogens with zero attached hydrogens (tertiary/aromatic N) is 1. The maximum atomic E-state index is 11.1. The van der Waals surface area contributed by atoms with Crippen molar-refractivity contribution in [3.05, 3.63) is 64.2 Å². The van der Waals surface area contributed by atoms with Crippen molar-refractivity contribution in [3.8, 4) is 0 Å². The first kappa shape index (κ1) is 14.1. The molecular formula is C16H16N2O2S. The van der Waals surface area contributed by atoms with Gasteiger partial charge in [0.2, 0.25) is 0 Å². The van der Waals surface area contributed by atoms with E-state index in [9.17, 15) is 10.1 Å². The minimum absolute atomic E-state index is 0.160. The van der Waals surface area contributed by atoms with E-state index in [4.69, 9.17) is 0 Å². The molecule has 4 nitrogen and oxygen atoms in total. The minimum atomic E-state index is -0.326. The number of benzene rings is 2. The van der Waals surface area contributed by atoms with E-state index in [1.54, 1.807) is 18.2 Å². The lowest BCUT2D eigenvalue weighted by Gasteiger charge is -2.10. The summed E-state index contributed by atoms with van der Waals surface area (Å²) >= 11 is 1.46. The quantitative estimate of drug-likeness (QED) is 0.647. The van der Waals surface area contributed by atoms with Crippen LogP contribution in [0.2, 0.25) is 0 Å². The molecule has 1 saturated carbocycles. The van der Waals surface area contributed by atoms with Gasteiger partial charge in [-0.25, -0.2) is 0 Å². The highest BCUT2D eigenvalue weighted by atomic mass is 32.2. The number of nitro benzene ring substituents is 1. The predicted molar refractivity (Wildman–Crippen MR) is 83.5 cm³/mol. The third-order valence-corrected chi connectivity index (χ3v) is 4.60. The highest BCUT2D eigenvalue weighted by molar-refractivity contribution is 7.99. The van der Waals surface area contributed by atoms with Crippen LogP contribution in [0, 0.1) is 10.1 Å². The van der Waals surface area contributed by atoms with Crippen LogP contribution in [0.1, 0.15) is 18.4 Å². The van der Waals surface area contributed by atoms with E-state index in [2.05, 4.69) is 11.4 Å². The summed E-state index contributed by atoms with van der Waals surface area (Å²) in [6, 6.07) is 15.6. The van der Waals surface area contributed by atoms with Crippen LogP contribution in [0.3, 0.4) is 0 Å². The molecule has 3 rings (SSSR count). The summed E-state index contributed by atoms with van der Waals surface area (Å²) in [5.74, 6) is 0. The van der Waals surface area contributed by atoms with Crippen molar-refractivity contribution in [2.24, 2.45) is 0 Å². The number of hydrogen-bond donors (Lipinski definition) is 1. The van der Waals surface area contributed by atoms with Crippen LogP contribution >= 0.6 is 11.8 Å². The van der Waals surface area contributed by atoms with Crippen molar-refractivity contribution in [3.63, 3.8) is 0 Å². The average molecular weight is 300 g/mol. The number of rotatable bonds is 6. The standard InChI is InChI=1S/C16H16N2O2S/c19-18(20)14-6-2-4-8-16(14)21-15-7-3-1-5-12(15)11-17-13-9-10-13/h1-8,13,17H,9-11H2. The molecule has 0 radical (unpaired) electrons. The van der Waals surface area contributed by atoms with Crippen LogP contribution in [-0.2, 0) is 6.54 Å². The van der Waals surface area contributed by atoms with Gasteiger partial charge in [-0.2, -0.15) is 0 Å². The fourth-order valence-electron chi connectivity index (χ4n) is 2.10. The molecule has 0 spiro atoms. The lowest BCUT2D eigenvalue weighted by Crippen LogP contribution is -2.15. The Balaban J connectivity index is 1.82. The van der Waals surface area contributed by atoms with Gasteiger partial charge in [-0.15, -0.1) is 0 Å². The van der Waals surface area contributed by atoms with Crippen molar-refractivity contribution in [1.82, 2.24) is 5.32 Å². The topological polar surface area (TPSA) is 55.2 Å². The molecule has 5 heteroatoms. The Bertz CT molecular complexity index is 656. The maximum Gasteiger partial charge on any atom is 0.283 e. The molecule has 2 aromatic carbocycles. The van der Waals surface area contributed by atoms with E-state index in [0.717, 1.165) is 11.4 Å². The second-order valence-corrected chi connectivity index (χ2v) is 6.17. The Hall–Kier alpha value is -1.85. The van der Waals surface area contributed by atoms with Crippen molar-refractivity contribution in [1.29, 1.82) is 0 Å². The van der Waals surface area contributed by atoms with Gasteiger partial charge in [0, 0.05) is 23.5 Å². The van der Waals surface area contributed by atoms with Gasteiger partial charge < -0.3 is 5.32 Å². The smallest absolute Gasteiger partial charge is 0.283 e. The van der Waals surface area contributed by atoms with Crippen LogP contribution in [0.4, 0.5) is 5.69 Å². The molecule has 0 amide bonds. The number of para-hydroxylation sites is 1. The third-order valence-electron chi connectivity index (χ3n) is 3.41. The van der Waals surface area contributed by atoms with Gasteiger partial charge in [0.25, 0.3) is 5.69 Å². The molecule has 0 aromatic heterocycles. The lowest BCUT2D eigenvalue weighted by atomic mass is 10.2. The minimum Gasteiger partial charge on any atom is -0.310 e. The average Bonchev–Trinajstić information content (AvgIpc) is 3.31. The molecule has 0 atom stereocenters. The Labute approximate surface area is 127 Å². The summed E-state index contributed by atoms with van der Waals surface area (Å²) in [6.07, 6.45) is 2.50. The zero-order chi connectivity index (χ0) is 14.7. The molecule has 1 N–H and O–H groups in total. The molecule has 1 fully saturated rings. The van der Waals surface area contributed by atoms with E-state index >= 15 is 0 Å². The fraction of sp³-hybridized carbons (Fsp3) is 0.250. The lowest BCUT2D eigenvalue weighted by molar-refractivity contribution is -0.387. The molecule has 0 aliphatic heterocycles. The van der Waals surface area contributed by atoms with Crippen molar-refractivity contribution < 1.29 is 4.92 Å². The zero-order valence-corrected chi connectivity index (χ0v) is 12.3. The van der Waals surface area contributed by atoms with E-state index < -0.39 is 0 Å². The molecule has 0 unspecified atom stereocenters. The molecule has 0 saturated heterocycles. The summed E-state index contributed by atoms with van der Waals surface area (Å²) in [5, 5.41) is 14.6. The second kappa shape index (κ2) is 6.28. The SMILES string of the molecule is O=[N+]([O-])c1ccccc1Sc1ccccc1CNC1CC1. The van der Waals surface area contributed by atoms with Gasteiger partial charge in [0.15, 0.2) is 0 Å². The number of nitrogens with one attached hydrogen (secondary N) is 1. The van der Waals surface area contributed by atoms with Crippen LogP contribution in [0.25, 0.3) is 0 Å². The maximum absolute atomic E-state index is 11.1. The van der Waals surface area contributed by atoms with Crippen LogP contribution in [0.15, 0.2) is 58.3 Å². The molecule has 108 valence electrons. The molecule has 1 aliphatic carbocycles. The van der Waals surface area contributed by atoms with Gasteiger partial charge in [-0.3, -0.25) is 10.1 Å². The van der Waals surface area contributed by atoms with Gasteiger partial charge in [0.05, 0.1) is 9.82 Å². The van der Waals surface area contributed by atoms with Crippen LogP contribution < -0.4 is 5.32 Å². The van der Waals surface area contributed by atoms with Gasteiger partial charge >= 0.3 is 0 Å². The summed E-state index contributed by atoms with van der Waals surface area (Å²) in [7, 11) is 0.